The number of esters is 2. The lowest BCUT2D eigenvalue weighted by Gasteiger charge is -2.24. The van der Waals surface area contributed by atoms with Crippen molar-refractivity contribution >= 4 is 11.9 Å². The summed E-state index contributed by atoms with van der Waals surface area (Å²) >= 11 is 0. The first-order valence-electron chi connectivity index (χ1n) is 5.94. The van der Waals surface area contributed by atoms with E-state index in [2.05, 4.69) is 0 Å². The van der Waals surface area contributed by atoms with Crippen molar-refractivity contribution in [1.82, 2.24) is 0 Å². The summed E-state index contributed by atoms with van der Waals surface area (Å²) in [7, 11) is 0. The van der Waals surface area contributed by atoms with E-state index in [4.69, 9.17) is 9.47 Å². The van der Waals surface area contributed by atoms with Crippen LogP contribution in [-0.4, -0.2) is 18.2 Å². The first kappa shape index (κ1) is 13.0. The summed E-state index contributed by atoms with van der Waals surface area (Å²) in [6.45, 7) is 2.68. The van der Waals surface area contributed by atoms with Crippen molar-refractivity contribution in [3.8, 4) is 0 Å². The molecule has 0 heterocycles. The first-order valence-corrected chi connectivity index (χ1v) is 5.94. The number of carbonyl (C=O) groups excluding carboxylic acids is 2. The number of ether oxygens (including phenoxy) is 2. The molecular weight excluding hydrogens is 208 g/mol. The van der Waals surface area contributed by atoms with Crippen LogP contribution in [0.25, 0.3) is 0 Å². The number of rotatable bonds is 3. The summed E-state index contributed by atoms with van der Waals surface area (Å²) in [5, 5.41) is 0. The van der Waals surface area contributed by atoms with Gasteiger partial charge in [-0.2, -0.15) is 0 Å². The smallest absolute Gasteiger partial charge is 0.305 e. The lowest BCUT2D eigenvalue weighted by molar-refractivity contribution is -0.195. The maximum atomic E-state index is 11.0. The molecule has 1 fully saturated rings. The van der Waals surface area contributed by atoms with Gasteiger partial charge in [-0.1, -0.05) is 25.7 Å². The van der Waals surface area contributed by atoms with Gasteiger partial charge in [0.05, 0.1) is 0 Å². The summed E-state index contributed by atoms with van der Waals surface area (Å²) < 4.78 is 10.1. The molecule has 0 aromatic carbocycles. The summed E-state index contributed by atoms with van der Waals surface area (Å²) in [6, 6.07) is 0. The van der Waals surface area contributed by atoms with Gasteiger partial charge in [0, 0.05) is 19.8 Å². The molecule has 0 aromatic heterocycles. The highest BCUT2D eigenvalue weighted by Gasteiger charge is 2.27. The Morgan fingerprint density at radius 1 is 0.938 bits per heavy atom. The van der Waals surface area contributed by atoms with Gasteiger partial charge in [0.25, 0.3) is 0 Å². The second kappa shape index (κ2) is 6.51. The number of carbonyl (C=O) groups is 2. The third kappa shape index (κ3) is 4.64. The third-order valence-electron chi connectivity index (χ3n) is 2.85. The highest BCUT2D eigenvalue weighted by Crippen LogP contribution is 2.27. The van der Waals surface area contributed by atoms with Gasteiger partial charge in [-0.3, -0.25) is 9.59 Å². The Hall–Kier alpha value is -1.06. The van der Waals surface area contributed by atoms with E-state index in [0.29, 0.717) is 0 Å². The molecule has 4 heteroatoms. The Kier molecular flexibility index (Phi) is 5.29. The van der Waals surface area contributed by atoms with Gasteiger partial charge >= 0.3 is 11.9 Å². The average molecular weight is 228 g/mol. The summed E-state index contributed by atoms with van der Waals surface area (Å²) in [6.07, 6.45) is 5.89. The number of hydrogen-bond donors (Lipinski definition) is 0. The van der Waals surface area contributed by atoms with E-state index in [-0.39, 0.29) is 5.92 Å². The quantitative estimate of drug-likeness (QED) is 0.423. The minimum absolute atomic E-state index is 0.162. The molecule has 92 valence electrons. The van der Waals surface area contributed by atoms with Crippen molar-refractivity contribution in [2.24, 2.45) is 5.92 Å². The zero-order valence-electron chi connectivity index (χ0n) is 10.0. The Bertz CT molecular complexity index is 225. The molecule has 0 spiro atoms. The van der Waals surface area contributed by atoms with Crippen molar-refractivity contribution in [2.45, 2.75) is 58.7 Å². The Labute approximate surface area is 96.3 Å². The van der Waals surface area contributed by atoms with Gasteiger partial charge in [0.15, 0.2) is 0 Å². The fourth-order valence-electron chi connectivity index (χ4n) is 2.13. The first-order chi connectivity index (χ1) is 7.59. The van der Waals surface area contributed by atoms with Crippen molar-refractivity contribution in [3.05, 3.63) is 0 Å². The molecule has 16 heavy (non-hydrogen) atoms. The predicted octanol–water partition coefficient (Wildman–Crippen LogP) is 2.41. The van der Waals surface area contributed by atoms with E-state index in [1.807, 2.05) is 0 Å². The summed E-state index contributed by atoms with van der Waals surface area (Å²) in [5.41, 5.74) is 0. The van der Waals surface area contributed by atoms with Crippen LogP contribution in [-0.2, 0) is 19.1 Å². The molecule has 0 aromatic rings. The summed E-state index contributed by atoms with van der Waals surface area (Å²) in [4.78, 5) is 21.9. The van der Waals surface area contributed by atoms with Crippen molar-refractivity contribution in [1.29, 1.82) is 0 Å². The minimum atomic E-state index is -0.687. The molecule has 1 aliphatic carbocycles. The molecule has 0 N–H and O–H groups in total. The van der Waals surface area contributed by atoms with Crippen LogP contribution in [0.1, 0.15) is 52.4 Å². The van der Waals surface area contributed by atoms with E-state index in [9.17, 15) is 9.59 Å². The molecular formula is C12H20O4. The van der Waals surface area contributed by atoms with Gasteiger partial charge in [0.1, 0.15) is 0 Å². The molecule has 1 saturated carbocycles. The third-order valence-corrected chi connectivity index (χ3v) is 2.85. The van der Waals surface area contributed by atoms with Crippen LogP contribution in [0.15, 0.2) is 0 Å². The fraction of sp³-hybridized carbons (Fsp3) is 0.833. The van der Waals surface area contributed by atoms with Crippen molar-refractivity contribution in [3.63, 3.8) is 0 Å². The van der Waals surface area contributed by atoms with Crippen LogP contribution in [0.5, 0.6) is 0 Å². The minimum Gasteiger partial charge on any atom is -0.425 e. The van der Waals surface area contributed by atoms with E-state index < -0.39 is 18.2 Å². The van der Waals surface area contributed by atoms with Crippen molar-refractivity contribution < 1.29 is 19.1 Å². The molecule has 0 radical (unpaired) electrons. The SMILES string of the molecule is CC(=O)OC(OC(C)=O)C1CCCCCC1. The van der Waals surface area contributed by atoms with Gasteiger partial charge in [-0.25, -0.2) is 0 Å². The molecule has 1 rings (SSSR count). The van der Waals surface area contributed by atoms with E-state index >= 15 is 0 Å². The Morgan fingerprint density at radius 3 is 1.75 bits per heavy atom. The Morgan fingerprint density at radius 2 is 1.38 bits per heavy atom. The zero-order chi connectivity index (χ0) is 12.0. The van der Waals surface area contributed by atoms with Crippen LogP contribution in [0.4, 0.5) is 0 Å². The van der Waals surface area contributed by atoms with Crippen LogP contribution in [0, 0.1) is 5.92 Å². The standard InChI is InChI=1S/C12H20O4/c1-9(13)15-12(16-10(2)14)11-7-5-3-4-6-8-11/h11-12H,3-8H2,1-2H3. The lowest BCUT2D eigenvalue weighted by atomic mass is 10.00. The van der Waals surface area contributed by atoms with Crippen LogP contribution in [0.3, 0.4) is 0 Å². The van der Waals surface area contributed by atoms with Crippen LogP contribution < -0.4 is 0 Å². The maximum absolute atomic E-state index is 11.0. The normalized spacial score (nSPS) is 17.9. The average Bonchev–Trinajstić information content (AvgIpc) is 2.42. The molecule has 0 bridgehead atoms. The fourth-order valence-corrected chi connectivity index (χ4v) is 2.13. The molecule has 0 unspecified atom stereocenters. The van der Waals surface area contributed by atoms with Gasteiger partial charge in [0.2, 0.25) is 6.29 Å². The predicted molar refractivity (Wildman–Crippen MR) is 58.5 cm³/mol. The highest BCUT2D eigenvalue weighted by atomic mass is 16.7. The molecule has 4 nitrogen and oxygen atoms in total. The van der Waals surface area contributed by atoms with Crippen LogP contribution >= 0.6 is 0 Å². The molecule has 0 amide bonds. The monoisotopic (exact) mass is 228 g/mol. The van der Waals surface area contributed by atoms with E-state index in [0.717, 1.165) is 25.7 Å². The Balaban J connectivity index is 2.57. The van der Waals surface area contributed by atoms with Crippen LogP contribution in [0.2, 0.25) is 0 Å². The molecule has 0 atom stereocenters. The van der Waals surface area contributed by atoms with E-state index in [1.54, 1.807) is 0 Å². The molecule has 0 aliphatic heterocycles. The molecule has 1 aliphatic rings. The topological polar surface area (TPSA) is 52.6 Å². The van der Waals surface area contributed by atoms with Gasteiger partial charge in [-0.05, 0) is 12.8 Å². The molecule has 0 saturated heterocycles. The largest absolute Gasteiger partial charge is 0.425 e. The second-order valence-corrected chi connectivity index (χ2v) is 4.34. The number of hydrogen-bond acceptors (Lipinski definition) is 4. The summed E-state index contributed by atoms with van der Waals surface area (Å²) in [5.74, 6) is -0.624. The zero-order valence-corrected chi connectivity index (χ0v) is 10.0. The lowest BCUT2D eigenvalue weighted by Crippen LogP contribution is -2.30. The highest BCUT2D eigenvalue weighted by molar-refractivity contribution is 5.68. The van der Waals surface area contributed by atoms with Gasteiger partial charge < -0.3 is 9.47 Å². The maximum Gasteiger partial charge on any atom is 0.305 e. The van der Waals surface area contributed by atoms with Crippen molar-refractivity contribution in [2.75, 3.05) is 0 Å². The van der Waals surface area contributed by atoms with Gasteiger partial charge in [-0.15, -0.1) is 0 Å². The second-order valence-electron chi connectivity index (χ2n) is 4.34. The van der Waals surface area contributed by atoms with E-state index in [1.165, 1.54) is 26.7 Å².